The number of oxime groups is 1. The van der Waals surface area contributed by atoms with Crippen LogP contribution in [0.2, 0.25) is 0 Å². The molecule has 0 aliphatic carbocycles. The Hall–Kier alpha value is -2.82. The molecule has 0 aliphatic heterocycles. The van der Waals surface area contributed by atoms with Crippen molar-refractivity contribution in [3.63, 3.8) is 0 Å². The van der Waals surface area contributed by atoms with Crippen molar-refractivity contribution in [1.29, 1.82) is 0 Å². The number of ether oxygens (including phenoxy) is 1. The summed E-state index contributed by atoms with van der Waals surface area (Å²) in [6, 6.07) is 13.8. The Morgan fingerprint density at radius 2 is 1.77 bits per heavy atom. The molecule has 2 aromatic carbocycles. The number of nitrogens with zero attached hydrogens (tertiary/aromatic N) is 1. The van der Waals surface area contributed by atoms with E-state index in [1.165, 1.54) is 12.7 Å². The molecule has 0 aromatic heterocycles. The first kappa shape index (κ1) is 19.5. The van der Waals surface area contributed by atoms with Gasteiger partial charge in [0.2, 0.25) is 0 Å². The van der Waals surface area contributed by atoms with Crippen LogP contribution in [0.25, 0.3) is 0 Å². The van der Waals surface area contributed by atoms with Crippen molar-refractivity contribution in [2.45, 2.75) is 26.7 Å². The van der Waals surface area contributed by atoms with Crippen LogP contribution in [0.15, 0.2) is 47.6 Å². The Labute approximate surface area is 155 Å². The molecule has 0 radical (unpaired) electrons. The maximum absolute atomic E-state index is 12.5. The summed E-state index contributed by atoms with van der Waals surface area (Å²) < 4.78 is 5.27. The molecule has 5 nitrogen and oxygen atoms in total. The maximum Gasteiger partial charge on any atom is 0.273 e. The summed E-state index contributed by atoms with van der Waals surface area (Å²) in [5, 5.41) is 6.81. The molecule has 2 aromatic rings. The molecule has 5 heteroatoms. The van der Waals surface area contributed by atoms with Gasteiger partial charge in [0.15, 0.2) is 5.71 Å². The monoisotopic (exact) mass is 354 g/mol. The maximum atomic E-state index is 12.5. The van der Waals surface area contributed by atoms with Crippen molar-refractivity contribution < 1.29 is 14.4 Å². The lowest BCUT2D eigenvalue weighted by atomic mass is 10.1. The first-order valence-corrected chi connectivity index (χ1v) is 8.71. The third-order valence-corrected chi connectivity index (χ3v) is 4.19. The number of hydrogen-bond acceptors (Lipinski definition) is 4. The van der Waals surface area contributed by atoms with Crippen molar-refractivity contribution in [3.05, 3.63) is 64.7 Å². The molecule has 0 fully saturated rings. The number of rotatable bonds is 8. The third kappa shape index (κ3) is 5.09. The fraction of sp³-hybridized carbons (Fsp3) is 0.333. The van der Waals surface area contributed by atoms with Crippen LogP contribution in [-0.2, 0) is 22.5 Å². The molecule has 2 rings (SSSR count). The Morgan fingerprint density at radius 1 is 1.08 bits per heavy atom. The largest absolute Gasteiger partial charge is 0.496 e. The zero-order valence-electron chi connectivity index (χ0n) is 15.8. The number of carbonyl (C=O) groups excluding carboxylic acids is 1. The topological polar surface area (TPSA) is 59.9 Å². The van der Waals surface area contributed by atoms with Crippen LogP contribution in [0.5, 0.6) is 5.75 Å². The Morgan fingerprint density at radius 3 is 2.35 bits per heavy atom. The van der Waals surface area contributed by atoms with Gasteiger partial charge in [0.05, 0.1) is 7.11 Å². The smallest absolute Gasteiger partial charge is 0.273 e. The van der Waals surface area contributed by atoms with Gasteiger partial charge in [0.1, 0.15) is 12.9 Å². The number of hydrogen-bond donors (Lipinski definition) is 1. The Balaban J connectivity index is 1.99. The standard InChI is InChI=1S/C21H26N2O3/c1-5-16-6-9-18(10-7-16)20(23-26-4)21(24)22-13-12-17-8-11-19(25-3)15(2)14-17/h6-11,14H,5,12-13H2,1-4H3,(H,22,24). The average Bonchev–Trinajstić information content (AvgIpc) is 2.66. The molecule has 26 heavy (non-hydrogen) atoms. The van der Waals surface area contributed by atoms with Crippen molar-refractivity contribution in [2.75, 3.05) is 20.8 Å². The SMILES string of the molecule is CCc1ccc(C(=NOC)C(=O)NCCc2ccc(OC)c(C)c2)cc1. The molecule has 0 saturated carbocycles. The highest BCUT2D eigenvalue weighted by Gasteiger charge is 2.14. The van der Waals surface area contributed by atoms with Crippen molar-refractivity contribution in [3.8, 4) is 5.75 Å². The normalized spacial score (nSPS) is 11.2. The average molecular weight is 354 g/mol. The van der Waals surface area contributed by atoms with Gasteiger partial charge in [0, 0.05) is 12.1 Å². The zero-order valence-corrected chi connectivity index (χ0v) is 15.8. The van der Waals surface area contributed by atoms with Gasteiger partial charge in [0.25, 0.3) is 5.91 Å². The Kier molecular flexibility index (Phi) is 7.21. The van der Waals surface area contributed by atoms with Crippen LogP contribution in [0.3, 0.4) is 0 Å². The minimum Gasteiger partial charge on any atom is -0.496 e. The highest BCUT2D eigenvalue weighted by Crippen LogP contribution is 2.18. The van der Waals surface area contributed by atoms with Gasteiger partial charge in [-0.3, -0.25) is 4.79 Å². The van der Waals surface area contributed by atoms with Crippen LogP contribution in [0.4, 0.5) is 0 Å². The summed E-state index contributed by atoms with van der Waals surface area (Å²) in [7, 11) is 3.10. The number of methoxy groups -OCH3 is 1. The van der Waals surface area contributed by atoms with E-state index in [2.05, 4.69) is 23.5 Å². The van der Waals surface area contributed by atoms with Crippen LogP contribution in [0.1, 0.15) is 29.2 Å². The summed E-state index contributed by atoms with van der Waals surface area (Å²) >= 11 is 0. The second kappa shape index (κ2) is 9.61. The lowest BCUT2D eigenvalue weighted by Gasteiger charge is -2.10. The number of amides is 1. The van der Waals surface area contributed by atoms with E-state index in [1.54, 1.807) is 7.11 Å². The van der Waals surface area contributed by atoms with E-state index < -0.39 is 0 Å². The van der Waals surface area contributed by atoms with Gasteiger partial charge in [-0.25, -0.2) is 0 Å². The van der Waals surface area contributed by atoms with Gasteiger partial charge in [-0.2, -0.15) is 0 Å². The number of aryl methyl sites for hydroxylation is 2. The predicted molar refractivity (Wildman–Crippen MR) is 104 cm³/mol. The molecule has 0 unspecified atom stereocenters. The molecule has 0 heterocycles. The predicted octanol–water partition coefficient (Wildman–Crippen LogP) is 3.28. The molecule has 138 valence electrons. The van der Waals surface area contributed by atoms with Crippen LogP contribution in [0, 0.1) is 6.92 Å². The lowest BCUT2D eigenvalue weighted by Crippen LogP contribution is -2.33. The molecule has 0 atom stereocenters. The number of carbonyl (C=O) groups is 1. The number of nitrogens with one attached hydrogen (secondary N) is 1. The van der Waals surface area contributed by atoms with Gasteiger partial charge in [-0.15, -0.1) is 0 Å². The first-order valence-electron chi connectivity index (χ1n) is 8.71. The number of benzene rings is 2. The highest BCUT2D eigenvalue weighted by atomic mass is 16.6. The van der Waals surface area contributed by atoms with Crippen LogP contribution < -0.4 is 10.1 Å². The van der Waals surface area contributed by atoms with E-state index in [1.807, 2.05) is 43.3 Å². The summed E-state index contributed by atoms with van der Waals surface area (Å²) in [5.74, 6) is 0.615. The summed E-state index contributed by atoms with van der Waals surface area (Å²) in [4.78, 5) is 17.4. The molecule has 1 N–H and O–H groups in total. The minimum absolute atomic E-state index is 0.249. The van der Waals surface area contributed by atoms with Gasteiger partial charge in [-0.1, -0.05) is 48.5 Å². The molecular formula is C21H26N2O3. The minimum atomic E-state index is -0.249. The second-order valence-electron chi connectivity index (χ2n) is 5.98. The summed E-state index contributed by atoms with van der Waals surface area (Å²) in [6.07, 6.45) is 1.68. The van der Waals surface area contributed by atoms with Gasteiger partial charge < -0.3 is 14.9 Å². The quantitative estimate of drug-likeness (QED) is 0.585. The fourth-order valence-corrected chi connectivity index (χ4v) is 2.71. The van der Waals surface area contributed by atoms with E-state index >= 15 is 0 Å². The summed E-state index contributed by atoms with van der Waals surface area (Å²) in [6.45, 7) is 4.61. The molecule has 1 amide bonds. The molecule has 0 aliphatic rings. The lowest BCUT2D eigenvalue weighted by molar-refractivity contribution is -0.114. The highest BCUT2D eigenvalue weighted by molar-refractivity contribution is 6.45. The Bertz CT molecular complexity index is 767. The van der Waals surface area contributed by atoms with Gasteiger partial charge in [-0.05, 0) is 42.5 Å². The first-order chi connectivity index (χ1) is 12.6. The molecular weight excluding hydrogens is 328 g/mol. The third-order valence-electron chi connectivity index (χ3n) is 4.19. The fourth-order valence-electron chi connectivity index (χ4n) is 2.71. The van der Waals surface area contributed by atoms with Crippen molar-refractivity contribution in [2.24, 2.45) is 5.16 Å². The van der Waals surface area contributed by atoms with E-state index in [0.717, 1.165) is 35.3 Å². The van der Waals surface area contributed by atoms with E-state index in [0.29, 0.717) is 6.54 Å². The second-order valence-corrected chi connectivity index (χ2v) is 5.98. The molecule has 0 spiro atoms. The van der Waals surface area contributed by atoms with E-state index in [-0.39, 0.29) is 11.6 Å². The molecule has 0 saturated heterocycles. The van der Waals surface area contributed by atoms with Crippen LogP contribution >= 0.6 is 0 Å². The zero-order chi connectivity index (χ0) is 18.9. The van der Waals surface area contributed by atoms with Gasteiger partial charge >= 0.3 is 0 Å². The summed E-state index contributed by atoms with van der Waals surface area (Å²) in [5.41, 5.74) is 4.44. The van der Waals surface area contributed by atoms with Crippen molar-refractivity contribution in [1.82, 2.24) is 5.32 Å². The van der Waals surface area contributed by atoms with E-state index in [4.69, 9.17) is 9.57 Å². The van der Waals surface area contributed by atoms with Crippen LogP contribution in [-0.4, -0.2) is 32.4 Å². The molecule has 0 bridgehead atoms. The van der Waals surface area contributed by atoms with E-state index in [9.17, 15) is 4.79 Å². The van der Waals surface area contributed by atoms with Crippen molar-refractivity contribution >= 4 is 11.6 Å².